The number of aromatic nitrogens is 8. The number of carboxylic acid groups (broad SMARTS) is 2. The number of aliphatic imine (C=N–C) groups is 4. The van der Waals surface area contributed by atoms with E-state index in [2.05, 4.69) is 49.8 Å². The van der Waals surface area contributed by atoms with Crippen LogP contribution in [0.15, 0.2) is 178 Å². The maximum absolute atomic E-state index is 12.6. The van der Waals surface area contributed by atoms with Crippen LogP contribution in [0.25, 0.3) is 45.0 Å². The molecule has 4 aromatic heterocycles. The van der Waals surface area contributed by atoms with Gasteiger partial charge >= 0.3 is 23.9 Å². The molecule has 0 atom stereocenters. The van der Waals surface area contributed by atoms with Gasteiger partial charge in [0.25, 0.3) is 22.7 Å². The molecule has 0 radical (unpaired) electrons. The molecule has 0 aliphatic heterocycles. The van der Waals surface area contributed by atoms with Crippen LogP contribution in [0.3, 0.4) is 0 Å². The van der Waals surface area contributed by atoms with Crippen LogP contribution < -0.4 is 0 Å². The summed E-state index contributed by atoms with van der Waals surface area (Å²) in [6.07, 6.45) is 0. The molecule has 12 rings (SSSR count). The average molecular weight is 1880 g/mol. The number of benzene rings is 8. The zero-order valence-corrected chi connectivity index (χ0v) is 74.6. The molecule has 44 heteroatoms. The Morgan fingerprint density at radius 1 is 0.341 bits per heavy atom. The summed E-state index contributed by atoms with van der Waals surface area (Å²) in [5, 5.41) is 124. The highest BCUT2D eigenvalue weighted by Crippen LogP contribution is 2.40. The van der Waals surface area contributed by atoms with Gasteiger partial charge in [-0.25, -0.2) is 19.2 Å². The van der Waals surface area contributed by atoms with E-state index >= 15 is 0 Å². The van der Waals surface area contributed by atoms with E-state index in [1.54, 1.807) is 92.3 Å². The number of aromatic carboxylic acids is 2. The van der Waals surface area contributed by atoms with Crippen molar-refractivity contribution in [1.82, 2.24) is 39.1 Å². The molecule has 0 amide bonds. The normalized spacial score (nSPS) is 11.4. The number of carboxylic acids is 2. The van der Waals surface area contributed by atoms with Crippen molar-refractivity contribution in [1.29, 1.82) is 0 Å². The maximum atomic E-state index is 12.6. The average Bonchev–Trinajstić information content (AvgIpc) is 1.65. The lowest BCUT2D eigenvalue weighted by molar-refractivity contribution is -0.385. The Labute approximate surface area is 766 Å². The predicted molar refractivity (Wildman–Crippen MR) is 485 cm³/mol. The van der Waals surface area contributed by atoms with Crippen molar-refractivity contribution in [2.75, 3.05) is 40.4 Å². The van der Waals surface area contributed by atoms with Crippen molar-refractivity contribution in [2.45, 2.75) is 41.5 Å². The summed E-state index contributed by atoms with van der Waals surface area (Å²) < 4.78 is 15.0. The largest absolute Gasteiger partial charge is 0.504 e. The highest BCUT2D eigenvalue weighted by atomic mass is 35.5. The number of carbonyl (C=O) groups excluding carboxylic acids is 6. The number of rotatable bonds is 28. The fourth-order valence-corrected chi connectivity index (χ4v) is 13.4. The third-order valence-electron chi connectivity index (χ3n) is 19.7. The van der Waals surface area contributed by atoms with Gasteiger partial charge in [-0.05, 0) is 114 Å². The van der Waals surface area contributed by atoms with Crippen molar-refractivity contribution < 1.29 is 98.2 Å². The number of hydrogen-bond acceptors (Lipinski definition) is 30. The summed E-state index contributed by atoms with van der Waals surface area (Å²) in [5.41, 5.74) is 4.43. The molecule has 0 fully saturated rings. The van der Waals surface area contributed by atoms with Gasteiger partial charge in [0.1, 0.15) is 94.0 Å². The summed E-state index contributed by atoms with van der Waals surface area (Å²) in [5.74, 6) is -7.31. The summed E-state index contributed by atoms with van der Waals surface area (Å²) in [6, 6.07) is 38.0. The van der Waals surface area contributed by atoms with Crippen molar-refractivity contribution in [3.05, 3.63) is 297 Å². The number of esters is 2. The number of hydrogen-bond donors (Lipinski definition) is 6. The van der Waals surface area contributed by atoms with E-state index in [9.17, 15) is 99.2 Å². The van der Waals surface area contributed by atoms with Crippen LogP contribution >= 0.6 is 46.4 Å². The lowest BCUT2D eigenvalue weighted by atomic mass is 10.1. The monoisotopic (exact) mass is 1880 g/mol. The molecular formula is C88H76Cl4N16O24. The van der Waals surface area contributed by atoms with Gasteiger partial charge in [-0.15, -0.1) is 0 Å². The summed E-state index contributed by atoms with van der Waals surface area (Å²) in [6.45, 7) is 8.79. The molecule has 0 unspecified atom stereocenters. The van der Waals surface area contributed by atoms with E-state index < -0.39 is 107 Å². The molecule has 8 aromatic carbocycles. The Morgan fingerprint density at radius 2 is 0.561 bits per heavy atom. The Hall–Kier alpha value is -16.2. The zero-order valence-electron chi connectivity index (χ0n) is 71.5. The minimum atomic E-state index is -1.47. The molecule has 0 spiro atoms. The molecule has 4 heterocycles. The van der Waals surface area contributed by atoms with Crippen LogP contribution in [-0.2, 0) is 37.7 Å². The summed E-state index contributed by atoms with van der Waals surface area (Å²) in [4.78, 5) is 154. The lowest BCUT2D eigenvalue weighted by Crippen LogP contribution is -2.10. The summed E-state index contributed by atoms with van der Waals surface area (Å²) >= 11 is 24.0. The third kappa shape index (κ3) is 23.2. The molecule has 0 bridgehead atoms. The highest BCUT2D eigenvalue weighted by molar-refractivity contribution is 6.42. The molecular weight excluding hydrogens is 1810 g/mol. The fourth-order valence-electron chi connectivity index (χ4n) is 12.8. The van der Waals surface area contributed by atoms with Crippen LogP contribution in [0.1, 0.15) is 144 Å². The molecule has 0 saturated heterocycles. The molecule has 0 aliphatic carbocycles. The second kappa shape index (κ2) is 43.1. The first-order valence-corrected chi connectivity index (χ1v) is 39.8. The Kier molecular flexibility index (Phi) is 32.5. The van der Waals surface area contributed by atoms with Gasteiger partial charge in [0.05, 0.1) is 76.9 Å². The number of Topliss-reactive ketones (excluding diaryl/α,β-unsaturated/α-hetero) is 4. The first-order valence-electron chi connectivity index (χ1n) is 38.3. The number of nitrogens with zero attached hydrogens (tertiary/aromatic N) is 16. The van der Waals surface area contributed by atoms with Gasteiger partial charge in [-0.2, -0.15) is 20.4 Å². The van der Waals surface area contributed by atoms with E-state index in [-0.39, 0.29) is 110 Å². The highest BCUT2D eigenvalue weighted by Gasteiger charge is 2.31. The van der Waals surface area contributed by atoms with Gasteiger partial charge in [0.2, 0.25) is 0 Å². The molecule has 132 heavy (non-hydrogen) atoms. The first kappa shape index (κ1) is 99.6. The fraction of sp³-hybridized carbons (Fsp3) is 0.182. The van der Waals surface area contributed by atoms with Crippen LogP contribution in [0.2, 0.25) is 20.1 Å². The van der Waals surface area contributed by atoms with Gasteiger partial charge in [0, 0.05) is 97.0 Å². The van der Waals surface area contributed by atoms with Crippen molar-refractivity contribution in [3.8, 4) is 68.0 Å². The minimum absolute atomic E-state index is 0.00218. The Bertz CT molecular complexity index is 6830. The quantitative estimate of drug-likeness (QED) is 0.00872. The third-order valence-corrected chi connectivity index (χ3v) is 21.2. The smallest absolute Gasteiger partial charge is 0.344 e. The van der Waals surface area contributed by atoms with Gasteiger partial charge in [0.15, 0.2) is 46.1 Å². The molecule has 0 aliphatic rings. The number of ether oxygens (including phenoxy) is 2. The van der Waals surface area contributed by atoms with Gasteiger partial charge < -0.3 is 40.1 Å². The number of methoxy groups -OCH3 is 2. The van der Waals surface area contributed by atoms with Crippen molar-refractivity contribution >= 4 is 139 Å². The second-order valence-electron chi connectivity index (χ2n) is 28.5. The molecule has 6 N–H and O–H groups in total. The van der Waals surface area contributed by atoms with Gasteiger partial charge in [-0.3, -0.25) is 98.3 Å². The van der Waals surface area contributed by atoms with Crippen LogP contribution in [-0.4, -0.2) is 200 Å². The number of halogens is 4. The number of aryl methyl sites for hydroxylation is 6. The van der Waals surface area contributed by atoms with E-state index in [1.807, 2.05) is 62.4 Å². The standard InChI is InChI=1S/C23H22N4O6.C22H18Cl2N4O6.C22H20N4O6.C21H16Cl2N4O6/c1-13-5-7-15(8-6-13)21-22(29)20(25-26(21)3)14(2)24-12-19(28)16-9-10-17(23(30)33-4)18(11-16)27(31)32;1-11(19-21(30)20(27(2)26-19)13-5-7-15(23)16(24)8-13)25-10-18(29)12-4-6-14(22(31)34-3)17(9-12)28(32)33;1-12-4-6-14(7-5-12)20-21(28)19(24-25(20)3)13(2)23-11-18(27)15-8-9-16(22(29)30)17(10-15)26(31)32;1-10(18-20(29)19(26(2)25-18)12-4-6-14(22)15(23)7-12)24-9-17(28)11-3-5-13(21(30)31)16(8-11)27(32)33/h5-11,29H,12H2,1-4H3;4-9,30H,10H2,1-3H3;4-10,28H,11H2,1-3H3,(H,29,30);3-8,29H,9H2,1-2H3,(H,30,31). The predicted octanol–water partition coefficient (Wildman–Crippen LogP) is 15.8. The number of aromatic hydroxyl groups is 4. The first-order chi connectivity index (χ1) is 62.3. The zero-order chi connectivity index (χ0) is 97.5. The SMILES string of the molecule is CC(=NCC(=O)c1ccc(C(=O)O)c([N+](=O)[O-])c1)c1nn(C)c(-c2ccc(C)cc2)c1O.CC(=NCC(=O)c1ccc(C(=O)O)c([N+](=O)[O-])c1)c1nn(C)c(-c2ccc(Cl)c(Cl)c2)c1O.COC(=O)c1ccc(C(=O)CN=C(C)c2nn(C)c(-c3ccc(C)cc3)c2O)cc1[N+](=O)[O-].COC(=O)c1ccc(C(=O)CN=C(C)c2nn(C)c(-c3ccc(Cl)c(Cl)c3)c2O)cc1[N+](=O)[O-]. The maximum Gasteiger partial charge on any atom is 0.344 e. The van der Waals surface area contributed by atoms with Crippen LogP contribution in [0.5, 0.6) is 23.0 Å². The molecule has 12 aromatic rings. The number of ketones is 4. The minimum Gasteiger partial charge on any atom is -0.504 e. The lowest BCUT2D eigenvalue weighted by Gasteiger charge is -2.05. The van der Waals surface area contributed by atoms with E-state index in [1.165, 1.54) is 49.1 Å². The van der Waals surface area contributed by atoms with E-state index in [0.29, 0.717) is 65.4 Å². The topological polar surface area (TPSA) is 570 Å². The molecule has 0 saturated carbocycles. The Balaban J connectivity index is 0.000000198. The van der Waals surface area contributed by atoms with Crippen LogP contribution in [0, 0.1) is 54.3 Å². The van der Waals surface area contributed by atoms with Crippen molar-refractivity contribution in [3.63, 3.8) is 0 Å². The van der Waals surface area contributed by atoms with Crippen LogP contribution in [0.4, 0.5) is 22.7 Å². The number of nitro benzene ring substituents is 4. The van der Waals surface area contributed by atoms with Crippen molar-refractivity contribution in [2.24, 2.45) is 48.2 Å². The second-order valence-corrected chi connectivity index (χ2v) is 30.1. The summed E-state index contributed by atoms with van der Waals surface area (Å²) in [7, 11) is 8.82. The van der Waals surface area contributed by atoms with Gasteiger partial charge in [-0.1, -0.05) is 118 Å². The van der Waals surface area contributed by atoms with E-state index in [4.69, 9.17) is 56.6 Å². The molecule has 40 nitrogen and oxygen atoms in total. The van der Waals surface area contributed by atoms with E-state index in [0.717, 1.165) is 78.9 Å². The molecule has 680 valence electrons. The Morgan fingerprint density at radius 3 is 0.780 bits per heavy atom. The number of carbonyl (C=O) groups is 8. The number of nitro groups is 4.